The number of benzene rings is 9. The van der Waals surface area contributed by atoms with E-state index in [0.717, 1.165) is 105 Å². The number of aromatic nitrogens is 3. The lowest BCUT2D eigenvalue weighted by molar-refractivity contribution is 0.669. The summed E-state index contributed by atoms with van der Waals surface area (Å²) in [5, 5.41) is 5.58. The summed E-state index contributed by atoms with van der Waals surface area (Å²) in [5.74, 6) is 0.636. The van der Waals surface area contributed by atoms with E-state index in [4.69, 9.17) is 14.4 Å². The van der Waals surface area contributed by atoms with E-state index in [1.807, 2.05) is 18.2 Å². The highest BCUT2D eigenvalue weighted by Crippen LogP contribution is 2.42. The summed E-state index contributed by atoms with van der Waals surface area (Å²) >= 11 is 0. The van der Waals surface area contributed by atoms with Crippen molar-refractivity contribution in [3.05, 3.63) is 212 Å². The van der Waals surface area contributed by atoms with Crippen molar-refractivity contribution in [1.29, 1.82) is 0 Å². The highest BCUT2D eigenvalue weighted by molar-refractivity contribution is 6.15. The zero-order valence-corrected chi connectivity index (χ0v) is 32.5. The van der Waals surface area contributed by atoms with Gasteiger partial charge in [-0.3, -0.25) is 4.57 Å². The molecule has 0 amide bonds. The van der Waals surface area contributed by atoms with Crippen LogP contribution in [0.4, 0.5) is 0 Å². The topological polar surface area (TPSA) is 43.9 Å². The van der Waals surface area contributed by atoms with E-state index >= 15 is 0 Å². The molecule has 0 saturated carbocycles. The van der Waals surface area contributed by atoms with E-state index in [1.165, 1.54) is 5.56 Å². The highest BCUT2D eigenvalue weighted by atomic mass is 16.3. The van der Waals surface area contributed by atoms with Gasteiger partial charge in [0.15, 0.2) is 0 Å². The average Bonchev–Trinajstić information content (AvgIpc) is 3.88. The van der Waals surface area contributed by atoms with Gasteiger partial charge in [-0.15, -0.1) is 0 Å². The van der Waals surface area contributed by atoms with Crippen molar-refractivity contribution in [2.24, 2.45) is 0 Å². The van der Waals surface area contributed by atoms with E-state index in [-0.39, 0.29) is 0 Å². The molecule has 0 fully saturated rings. The van der Waals surface area contributed by atoms with Gasteiger partial charge in [-0.1, -0.05) is 170 Å². The number of rotatable bonds is 6. The number of hydrogen-bond donors (Lipinski definition) is 0. The van der Waals surface area contributed by atoms with Crippen molar-refractivity contribution < 1.29 is 4.42 Å². The number of para-hydroxylation sites is 3. The van der Waals surface area contributed by atoms with Crippen LogP contribution in [0, 0.1) is 0 Å². The number of nitrogens with zero attached hydrogens (tertiary/aromatic N) is 3. The summed E-state index contributed by atoms with van der Waals surface area (Å²) < 4.78 is 8.54. The predicted octanol–water partition coefficient (Wildman–Crippen LogP) is 15.0. The molecule has 0 atom stereocenters. The Kier molecular flexibility index (Phi) is 7.82. The van der Waals surface area contributed by atoms with Gasteiger partial charge in [0.2, 0.25) is 5.95 Å². The molecule has 3 heterocycles. The minimum Gasteiger partial charge on any atom is -0.456 e. The van der Waals surface area contributed by atoms with Crippen LogP contribution in [0.15, 0.2) is 217 Å². The Morgan fingerprint density at radius 3 is 1.72 bits per heavy atom. The quantitative estimate of drug-likeness (QED) is 0.169. The second-order valence-electron chi connectivity index (χ2n) is 15.3. The molecule has 12 aromatic rings. The largest absolute Gasteiger partial charge is 0.456 e. The van der Waals surface area contributed by atoms with Gasteiger partial charge in [-0.05, 0) is 81.4 Å². The zero-order chi connectivity index (χ0) is 39.6. The summed E-state index contributed by atoms with van der Waals surface area (Å²) in [4.78, 5) is 10.7. The second-order valence-corrected chi connectivity index (χ2v) is 15.3. The first kappa shape index (κ1) is 34.0. The number of fused-ring (bicyclic) bond motifs is 7. The maximum absolute atomic E-state index is 6.26. The van der Waals surface area contributed by atoms with Crippen molar-refractivity contribution in [1.82, 2.24) is 14.5 Å². The van der Waals surface area contributed by atoms with E-state index in [0.29, 0.717) is 5.95 Å². The molecule has 0 bridgehead atoms. The molecule has 280 valence electrons. The van der Waals surface area contributed by atoms with E-state index in [9.17, 15) is 0 Å². The monoisotopic (exact) mass is 765 g/mol. The molecule has 0 spiro atoms. The van der Waals surface area contributed by atoms with Crippen LogP contribution in [-0.2, 0) is 0 Å². The van der Waals surface area contributed by atoms with Crippen molar-refractivity contribution in [3.8, 4) is 61.7 Å². The molecule has 0 saturated heterocycles. The zero-order valence-electron chi connectivity index (χ0n) is 32.5. The molecular weight excluding hydrogens is 731 g/mol. The Bertz CT molecular complexity index is 3600. The molecule has 12 rings (SSSR count). The van der Waals surface area contributed by atoms with Crippen molar-refractivity contribution >= 4 is 54.6 Å². The third-order valence-electron chi connectivity index (χ3n) is 11.8. The minimum absolute atomic E-state index is 0.636. The Labute approximate surface area is 346 Å². The lowest BCUT2D eigenvalue weighted by Crippen LogP contribution is -2.04. The van der Waals surface area contributed by atoms with Gasteiger partial charge in [-0.2, -0.15) is 0 Å². The van der Waals surface area contributed by atoms with Gasteiger partial charge in [0, 0.05) is 38.1 Å². The predicted molar refractivity (Wildman–Crippen MR) is 248 cm³/mol. The molecule has 4 nitrogen and oxygen atoms in total. The Hall–Kier alpha value is -8.08. The van der Waals surface area contributed by atoms with Crippen molar-refractivity contribution in [3.63, 3.8) is 0 Å². The first-order valence-corrected chi connectivity index (χ1v) is 20.3. The SMILES string of the molecule is c1ccc(-c2ccc3c(c2)c2cccc(-c4cccc(-c5cccc(-c6cccc7oc8ccccc8c67)c5)c4)c2n3-c2nc(-c3ccccc3)c3ccccc3n2)cc1. The molecule has 0 N–H and O–H groups in total. The van der Waals surface area contributed by atoms with Crippen LogP contribution in [0.2, 0.25) is 0 Å². The maximum atomic E-state index is 6.26. The molecular formula is C56H35N3O. The molecule has 0 aliphatic carbocycles. The van der Waals surface area contributed by atoms with Gasteiger partial charge in [0.25, 0.3) is 0 Å². The summed E-state index contributed by atoms with van der Waals surface area (Å²) in [7, 11) is 0. The Morgan fingerprint density at radius 1 is 0.350 bits per heavy atom. The third kappa shape index (κ3) is 5.53. The first-order chi connectivity index (χ1) is 29.7. The minimum atomic E-state index is 0.636. The number of furan rings is 1. The van der Waals surface area contributed by atoms with E-state index in [2.05, 4.69) is 199 Å². The molecule has 0 aliphatic rings. The lowest BCUT2D eigenvalue weighted by atomic mass is 9.94. The van der Waals surface area contributed by atoms with E-state index < -0.39 is 0 Å². The fraction of sp³-hybridized carbons (Fsp3) is 0. The summed E-state index contributed by atoms with van der Waals surface area (Å²) in [6, 6.07) is 75.1. The first-order valence-electron chi connectivity index (χ1n) is 20.3. The second kappa shape index (κ2) is 13.8. The normalized spacial score (nSPS) is 11.7. The molecule has 9 aromatic carbocycles. The van der Waals surface area contributed by atoms with Crippen LogP contribution in [0.5, 0.6) is 0 Å². The molecule has 0 aliphatic heterocycles. The van der Waals surface area contributed by atoms with Crippen LogP contribution < -0.4 is 0 Å². The van der Waals surface area contributed by atoms with Gasteiger partial charge in [0.1, 0.15) is 11.2 Å². The highest BCUT2D eigenvalue weighted by Gasteiger charge is 2.21. The van der Waals surface area contributed by atoms with Crippen LogP contribution >= 0.6 is 0 Å². The van der Waals surface area contributed by atoms with Gasteiger partial charge >= 0.3 is 0 Å². The van der Waals surface area contributed by atoms with Crippen LogP contribution in [0.25, 0.3) is 116 Å². The van der Waals surface area contributed by atoms with Crippen LogP contribution in [0.3, 0.4) is 0 Å². The maximum Gasteiger partial charge on any atom is 0.235 e. The summed E-state index contributed by atoms with van der Waals surface area (Å²) in [6.45, 7) is 0. The molecule has 4 heteroatoms. The summed E-state index contributed by atoms with van der Waals surface area (Å²) in [5.41, 5.74) is 15.9. The smallest absolute Gasteiger partial charge is 0.235 e. The van der Waals surface area contributed by atoms with Crippen molar-refractivity contribution in [2.75, 3.05) is 0 Å². The summed E-state index contributed by atoms with van der Waals surface area (Å²) in [6.07, 6.45) is 0. The van der Waals surface area contributed by atoms with Crippen LogP contribution in [-0.4, -0.2) is 14.5 Å². The number of hydrogen-bond acceptors (Lipinski definition) is 3. The fourth-order valence-electron chi connectivity index (χ4n) is 9.05. The fourth-order valence-corrected chi connectivity index (χ4v) is 9.05. The Morgan fingerprint density at radius 2 is 0.917 bits per heavy atom. The van der Waals surface area contributed by atoms with Gasteiger partial charge in [-0.25, -0.2) is 9.97 Å². The van der Waals surface area contributed by atoms with E-state index in [1.54, 1.807) is 0 Å². The molecule has 0 unspecified atom stereocenters. The third-order valence-corrected chi connectivity index (χ3v) is 11.8. The van der Waals surface area contributed by atoms with Crippen LogP contribution in [0.1, 0.15) is 0 Å². The van der Waals surface area contributed by atoms with Crippen molar-refractivity contribution in [2.45, 2.75) is 0 Å². The molecule has 3 aromatic heterocycles. The standard InChI is InChI=1S/C56H35N3O/c1-3-15-36(16-4-1)40-31-32-50-48(35-40)45-27-13-26-44(55(45)59(50)56-57-49-28-9-7-23-46(49)54(58-56)37-17-5-2-6-18-37)42-22-12-20-39(34-42)38-19-11-21-41(33-38)43-25-14-30-52-53(43)47-24-8-10-29-51(47)60-52/h1-35H. The van der Waals surface area contributed by atoms with Gasteiger partial charge < -0.3 is 4.42 Å². The average molecular weight is 766 g/mol. The molecule has 60 heavy (non-hydrogen) atoms. The lowest BCUT2D eigenvalue weighted by Gasteiger charge is -2.14. The molecule has 0 radical (unpaired) electrons. The van der Waals surface area contributed by atoms with Gasteiger partial charge in [0.05, 0.1) is 22.2 Å². The Balaban J connectivity index is 1.07.